The molecule has 0 aliphatic heterocycles. The zero-order chi connectivity index (χ0) is 10.3. The molecule has 13 heavy (non-hydrogen) atoms. The van der Waals surface area contributed by atoms with Gasteiger partial charge in [-0.05, 0) is 12.3 Å². The van der Waals surface area contributed by atoms with Crippen LogP contribution in [0.3, 0.4) is 0 Å². The van der Waals surface area contributed by atoms with Crippen LogP contribution in [-0.2, 0) is 4.79 Å². The Labute approximate surface area is 85.9 Å². The van der Waals surface area contributed by atoms with E-state index in [-0.39, 0.29) is 17.1 Å². The fraction of sp³-hybridized carbons (Fsp3) is 0.700. The highest BCUT2D eigenvalue weighted by Crippen LogP contribution is 2.08. The van der Waals surface area contributed by atoms with E-state index < -0.39 is 0 Å². The van der Waals surface area contributed by atoms with Crippen LogP contribution in [0.4, 0.5) is 0 Å². The molecule has 0 aromatic rings. The lowest BCUT2D eigenvalue weighted by molar-refractivity contribution is -0.121. The second kappa shape index (κ2) is 6.85. The molecular formula is C10H17NOS. The van der Waals surface area contributed by atoms with Crippen molar-refractivity contribution in [3.63, 3.8) is 0 Å². The molecule has 0 rings (SSSR count). The van der Waals surface area contributed by atoms with E-state index in [1.165, 1.54) is 0 Å². The Bertz CT molecular complexity index is 196. The van der Waals surface area contributed by atoms with E-state index in [0.717, 1.165) is 6.42 Å². The first kappa shape index (κ1) is 12.4. The minimum Gasteiger partial charge on any atom is -0.355 e. The predicted molar refractivity (Wildman–Crippen MR) is 58.7 cm³/mol. The fourth-order valence-corrected chi connectivity index (χ4v) is 0.901. The maximum atomic E-state index is 11.3. The summed E-state index contributed by atoms with van der Waals surface area (Å²) in [4.78, 5) is 11.3. The lowest BCUT2D eigenvalue weighted by Gasteiger charge is -2.13. The summed E-state index contributed by atoms with van der Waals surface area (Å²) in [5, 5.41) is 2.57. The summed E-state index contributed by atoms with van der Waals surface area (Å²) in [7, 11) is 0. The minimum atomic E-state index is -0.217. The third-order valence-electron chi connectivity index (χ3n) is 1.70. The molecule has 0 spiro atoms. The van der Waals surface area contributed by atoms with Gasteiger partial charge in [-0.1, -0.05) is 13.8 Å². The van der Waals surface area contributed by atoms with Crippen LogP contribution in [0, 0.1) is 18.3 Å². The Morgan fingerprint density at radius 2 is 2.23 bits per heavy atom. The quantitative estimate of drug-likeness (QED) is 0.392. The Morgan fingerprint density at radius 3 is 2.69 bits per heavy atom. The number of nitrogens with one attached hydrogen (secondary N) is 1. The van der Waals surface area contributed by atoms with Gasteiger partial charge in [-0.2, -0.15) is 12.6 Å². The summed E-state index contributed by atoms with van der Waals surface area (Å²) < 4.78 is 0. The van der Waals surface area contributed by atoms with Crippen molar-refractivity contribution in [1.82, 2.24) is 5.32 Å². The molecule has 0 heterocycles. The number of rotatable bonds is 5. The van der Waals surface area contributed by atoms with Gasteiger partial charge in [0.05, 0.1) is 5.25 Å². The summed E-state index contributed by atoms with van der Waals surface area (Å²) in [6, 6.07) is 0. The first-order valence-electron chi connectivity index (χ1n) is 4.48. The number of unbranched alkanes of at least 4 members (excludes halogenated alkanes) is 1. The molecule has 2 nitrogen and oxygen atoms in total. The monoisotopic (exact) mass is 199 g/mol. The van der Waals surface area contributed by atoms with Crippen molar-refractivity contribution in [3.8, 4) is 12.3 Å². The molecule has 0 aliphatic rings. The van der Waals surface area contributed by atoms with E-state index in [0.29, 0.717) is 13.0 Å². The molecule has 1 atom stereocenters. The first-order chi connectivity index (χ1) is 6.09. The molecule has 0 saturated heterocycles. The van der Waals surface area contributed by atoms with E-state index in [1.54, 1.807) is 0 Å². The largest absolute Gasteiger partial charge is 0.355 e. The van der Waals surface area contributed by atoms with Gasteiger partial charge in [0.25, 0.3) is 0 Å². The third-order valence-corrected chi connectivity index (χ3v) is 2.53. The molecule has 0 bridgehead atoms. The van der Waals surface area contributed by atoms with Gasteiger partial charge in [0.1, 0.15) is 0 Å². The van der Waals surface area contributed by atoms with E-state index in [9.17, 15) is 4.79 Å². The van der Waals surface area contributed by atoms with Crippen molar-refractivity contribution in [2.24, 2.45) is 5.92 Å². The Morgan fingerprint density at radius 1 is 1.62 bits per heavy atom. The molecule has 0 saturated carbocycles. The van der Waals surface area contributed by atoms with Gasteiger partial charge < -0.3 is 5.32 Å². The van der Waals surface area contributed by atoms with Gasteiger partial charge in [-0.15, -0.1) is 12.3 Å². The number of thiol groups is 1. The summed E-state index contributed by atoms with van der Waals surface area (Å²) in [5.41, 5.74) is 0. The first-order valence-corrected chi connectivity index (χ1v) is 5.00. The molecule has 0 aromatic carbocycles. The fourth-order valence-electron chi connectivity index (χ4n) is 0.809. The minimum absolute atomic E-state index is 0.00430. The number of hydrogen-bond acceptors (Lipinski definition) is 2. The van der Waals surface area contributed by atoms with Crippen LogP contribution in [-0.4, -0.2) is 17.7 Å². The van der Waals surface area contributed by atoms with Gasteiger partial charge >= 0.3 is 0 Å². The molecule has 74 valence electrons. The van der Waals surface area contributed by atoms with Gasteiger partial charge in [-0.3, -0.25) is 4.79 Å². The summed E-state index contributed by atoms with van der Waals surface area (Å²) in [5.74, 6) is 2.78. The molecule has 0 aromatic heterocycles. The molecule has 0 aliphatic carbocycles. The Kier molecular flexibility index (Phi) is 6.52. The van der Waals surface area contributed by atoms with Crippen LogP contribution in [0.25, 0.3) is 0 Å². The van der Waals surface area contributed by atoms with Crippen molar-refractivity contribution >= 4 is 18.5 Å². The van der Waals surface area contributed by atoms with Crippen molar-refractivity contribution in [2.75, 3.05) is 6.54 Å². The Balaban J connectivity index is 3.57. The summed E-state index contributed by atoms with van der Waals surface area (Å²) in [6.45, 7) is 4.59. The van der Waals surface area contributed by atoms with Crippen LogP contribution >= 0.6 is 12.6 Å². The van der Waals surface area contributed by atoms with Gasteiger partial charge in [0, 0.05) is 13.0 Å². The molecule has 1 unspecified atom stereocenters. The highest BCUT2D eigenvalue weighted by molar-refractivity contribution is 7.81. The second-order valence-corrected chi connectivity index (χ2v) is 3.84. The van der Waals surface area contributed by atoms with Crippen LogP contribution in [0.5, 0.6) is 0 Å². The predicted octanol–water partition coefficient (Wildman–Crippen LogP) is 1.47. The Hall–Kier alpha value is -0.620. The highest BCUT2D eigenvalue weighted by atomic mass is 32.1. The highest BCUT2D eigenvalue weighted by Gasteiger charge is 2.16. The smallest absolute Gasteiger partial charge is 0.233 e. The number of amides is 1. The standard InChI is InChI=1S/C10H17NOS/c1-4-5-6-7-11-10(12)9(13)8(2)3/h1,8-9,13H,5-7H2,2-3H3,(H,11,12). The number of hydrogen-bond donors (Lipinski definition) is 2. The SMILES string of the molecule is C#CCCCNC(=O)C(S)C(C)C. The lowest BCUT2D eigenvalue weighted by Crippen LogP contribution is -2.34. The molecule has 0 fully saturated rings. The van der Waals surface area contributed by atoms with Crippen LogP contribution in [0.2, 0.25) is 0 Å². The summed E-state index contributed by atoms with van der Waals surface area (Å²) >= 11 is 4.19. The van der Waals surface area contributed by atoms with E-state index in [2.05, 4.69) is 23.9 Å². The molecule has 1 amide bonds. The second-order valence-electron chi connectivity index (χ2n) is 3.29. The maximum absolute atomic E-state index is 11.3. The van der Waals surface area contributed by atoms with Crippen molar-refractivity contribution in [1.29, 1.82) is 0 Å². The normalized spacial score (nSPS) is 12.2. The van der Waals surface area contributed by atoms with E-state index >= 15 is 0 Å². The maximum Gasteiger partial charge on any atom is 0.233 e. The topological polar surface area (TPSA) is 29.1 Å². The van der Waals surface area contributed by atoms with Crippen LogP contribution < -0.4 is 5.32 Å². The van der Waals surface area contributed by atoms with Gasteiger partial charge in [0.15, 0.2) is 0 Å². The zero-order valence-electron chi connectivity index (χ0n) is 8.21. The van der Waals surface area contributed by atoms with Crippen molar-refractivity contribution in [2.45, 2.75) is 31.9 Å². The van der Waals surface area contributed by atoms with E-state index in [1.807, 2.05) is 13.8 Å². The lowest BCUT2D eigenvalue weighted by atomic mass is 10.1. The van der Waals surface area contributed by atoms with E-state index in [4.69, 9.17) is 6.42 Å². The van der Waals surface area contributed by atoms with Crippen molar-refractivity contribution in [3.05, 3.63) is 0 Å². The molecule has 0 radical (unpaired) electrons. The van der Waals surface area contributed by atoms with Crippen LogP contribution in [0.15, 0.2) is 0 Å². The average Bonchev–Trinajstić information content (AvgIpc) is 2.10. The molecule has 1 N–H and O–H groups in total. The van der Waals surface area contributed by atoms with Gasteiger partial charge in [-0.25, -0.2) is 0 Å². The van der Waals surface area contributed by atoms with Crippen molar-refractivity contribution < 1.29 is 4.79 Å². The average molecular weight is 199 g/mol. The third kappa shape index (κ3) is 5.59. The number of carbonyl (C=O) groups is 1. The van der Waals surface area contributed by atoms with Gasteiger partial charge in [0.2, 0.25) is 5.91 Å². The zero-order valence-corrected chi connectivity index (χ0v) is 9.10. The summed E-state index contributed by atoms with van der Waals surface area (Å²) in [6.07, 6.45) is 6.62. The van der Waals surface area contributed by atoms with Crippen LogP contribution in [0.1, 0.15) is 26.7 Å². The number of carbonyl (C=O) groups excluding carboxylic acids is 1. The molecule has 3 heteroatoms. The number of terminal acetylenes is 1. The molecular weight excluding hydrogens is 182 g/mol.